The summed E-state index contributed by atoms with van der Waals surface area (Å²) < 4.78 is 5.07. The molecule has 2 aromatic carbocycles. The number of rotatable bonds is 5. The third kappa shape index (κ3) is 3.95. The lowest BCUT2D eigenvalue weighted by atomic mass is 10.0. The molecule has 0 saturated heterocycles. The van der Waals surface area contributed by atoms with Gasteiger partial charge in [0, 0.05) is 23.3 Å². The summed E-state index contributed by atoms with van der Waals surface area (Å²) in [6.07, 6.45) is 4.87. The van der Waals surface area contributed by atoms with Crippen LogP contribution in [0.1, 0.15) is 15.9 Å². The number of amides is 1. The van der Waals surface area contributed by atoms with Gasteiger partial charge in [0.2, 0.25) is 0 Å². The fourth-order valence-electron chi connectivity index (χ4n) is 3.03. The first kappa shape index (κ1) is 19.1. The number of aromatic nitrogens is 2. The molecule has 1 amide bonds. The van der Waals surface area contributed by atoms with Crippen LogP contribution in [0.25, 0.3) is 22.2 Å². The molecule has 0 unspecified atom stereocenters. The van der Waals surface area contributed by atoms with E-state index in [0.29, 0.717) is 28.1 Å². The molecule has 0 aliphatic rings. The number of hydrogen-bond donors (Lipinski definition) is 2. The van der Waals surface area contributed by atoms with Crippen LogP contribution < -0.4 is 10.2 Å². The molecule has 2 N–H and O–H groups in total. The molecule has 0 spiro atoms. The molecule has 4 rings (SSSR count). The van der Waals surface area contributed by atoms with Gasteiger partial charge in [0.15, 0.2) is 11.5 Å². The van der Waals surface area contributed by atoms with Crippen molar-refractivity contribution in [2.24, 2.45) is 5.10 Å². The van der Waals surface area contributed by atoms with Crippen molar-refractivity contribution in [1.82, 2.24) is 15.4 Å². The van der Waals surface area contributed by atoms with Crippen molar-refractivity contribution in [2.45, 2.75) is 0 Å². The number of pyridine rings is 2. The Morgan fingerprint density at radius 3 is 2.80 bits per heavy atom. The smallest absolute Gasteiger partial charge is 0.272 e. The number of ether oxygens (including phenoxy) is 1. The molecule has 2 heterocycles. The Hall–Kier alpha value is -4.26. The van der Waals surface area contributed by atoms with E-state index in [1.54, 1.807) is 30.6 Å². The molecular formula is C23H18N4O3. The molecular weight excluding hydrogens is 380 g/mol. The quantitative estimate of drug-likeness (QED) is 0.394. The zero-order valence-corrected chi connectivity index (χ0v) is 16.1. The van der Waals surface area contributed by atoms with Crippen molar-refractivity contribution in [2.75, 3.05) is 7.11 Å². The number of aromatic hydroxyl groups is 1. The number of hydrogen-bond acceptors (Lipinski definition) is 6. The number of hydrazone groups is 1. The molecule has 2 aromatic heterocycles. The van der Waals surface area contributed by atoms with Crippen LogP contribution in [-0.2, 0) is 0 Å². The average molecular weight is 398 g/mol. The highest BCUT2D eigenvalue weighted by Gasteiger charge is 2.13. The SMILES string of the molecule is COc1cc(C=NNC(=O)c2cc(-c3cccnc3)nc3ccccc23)ccc1O. The third-order valence-corrected chi connectivity index (χ3v) is 4.50. The fraction of sp³-hybridized carbons (Fsp3) is 0.0435. The van der Waals surface area contributed by atoms with E-state index >= 15 is 0 Å². The van der Waals surface area contributed by atoms with Crippen LogP contribution in [-0.4, -0.2) is 34.3 Å². The van der Waals surface area contributed by atoms with Crippen molar-refractivity contribution in [3.05, 3.63) is 84.2 Å². The Kier molecular flexibility index (Phi) is 5.34. The van der Waals surface area contributed by atoms with Crippen LogP contribution in [0.3, 0.4) is 0 Å². The van der Waals surface area contributed by atoms with Gasteiger partial charge in [0.25, 0.3) is 5.91 Å². The Morgan fingerprint density at radius 1 is 1.13 bits per heavy atom. The second-order valence-electron chi connectivity index (χ2n) is 6.44. The summed E-state index contributed by atoms with van der Waals surface area (Å²) in [7, 11) is 1.46. The van der Waals surface area contributed by atoms with Gasteiger partial charge in [-0.1, -0.05) is 18.2 Å². The number of benzene rings is 2. The molecule has 7 heteroatoms. The van der Waals surface area contributed by atoms with E-state index in [1.165, 1.54) is 19.4 Å². The van der Waals surface area contributed by atoms with E-state index < -0.39 is 0 Å². The standard InChI is InChI=1S/C23H18N4O3/c1-30-22-11-15(8-9-21(22)28)13-25-27-23(29)18-12-20(16-5-4-10-24-14-16)26-19-7-3-2-6-17(18)19/h2-14,28H,1H3,(H,27,29). The molecule has 0 saturated carbocycles. The van der Waals surface area contributed by atoms with Gasteiger partial charge in [0.05, 0.1) is 30.1 Å². The van der Waals surface area contributed by atoms with Crippen LogP contribution in [0, 0.1) is 0 Å². The highest BCUT2D eigenvalue weighted by Crippen LogP contribution is 2.26. The van der Waals surface area contributed by atoms with Crippen LogP contribution in [0.15, 0.2) is 78.2 Å². The van der Waals surface area contributed by atoms with Crippen molar-refractivity contribution >= 4 is 23.0 Å². The van der Waals surface area contributed by atoms with Gasteiger partial charge in [-0.15, -0.1) is 0 Å². The monoisotopic (exact) mass is 398 g/mol. The van der Waals surface area contributed by atoms with Crippen molar-refractivity contribution < 1.29 is 14.6 Å². The van der Waals surface area contributed by atoms with Gasteiger partial charge in [0.1, 0.15) is 0 Å². The maximum atomic E-state index is 12.9. The largest absolute Gasteiger partial charge is 0.504 e. The Labute approximate surface area is 172 Å². The number of nitrogens with zero attached hydrogens (tertiary/aromatic N) is 3. The van der Waals surface area contributed by atoms with Gasteiger partial charge in [-0.2, -0.15) is 5.10 Å². The van der Waals surface area contributed by atoms with E-state index in [-0.39, 0.29) is 11.7 Å². The summed E-state index contributed by atoms with van der Waals surface area (Å²) in [5.41, 5.74) is 5.85. The molecule has 0 radical (unpaired) electrons. The minimum atomic E-state index is -0.360. The summed E-state index contributed by atoms with van der Waals surface area (Å²) in [6.45, 7) is 0. The highest BCUT2D eigenvalue weighted by atomic mass is 16.5. The second kappa shape index (κ2) is 8.40. The highest BCUT2D eigenvalue weighted by molar-refractivity contribution is 6.07. The molecule has 0 atom stereocenters. The first-order valence-electron chi connectivity index (χ1n) is 9.16. The zero-order chi connectivity index (χ0) is 20.9. The Balaban J connectivity index is 1.64. The van der Waals surface area contributed by atoms with Crippen LogP contribution >= 0.6 is 0 Å². The fourth-order valence-corrected chi connectivity index (χ4v) is 3.03. The zero-order valence-electron chi connectivity index (χ0n) is 16.1. The van der Waals surface area contributed by atoms with Crippen molar-refractivity contribution in [1.29, 1.82) is 0 Å². The van der Waals surface area contributed by atoms with Crippen LogP contribution in [0.5, 0.6) is 11.5 Å². The number of methoxy groups -OCH3 is 1. The maximum Gasteiger partial charge on any atom is 0.272 e. The summed E-state index contributed by atoms with van der Waals surface area (Å²) >= 11 is 0. The van der Waals surface area contributed by atoms with Crippen LogP contribution in [0.2, 0.25) is 0 Å². The predicted molar refractivity (Wildman–Crippen MR) is 115 cm³/mol. The van der Waals surface area contributed by atoms with E-state index in [9.17, 15) is 9.90 Å². The second-order valence-corrected chi connectivity index (χ2v) is 6.44. The maximum absolute atomic E-state index is 12.9. The number of carbonyl (C=O) groups excluding carboxylic acids is 1. The molecule has 0 bridgehead atoms. The minimum absolute atomic E-state index is 0.0323. The Morgan fingerprint density at radius 2 is 2.00 bits per heavy atom. The van der Waals surface area contributed by atoms with Gasteiger partial charge in [-0.3, -0.25) is 9.78 Å². The van der Waals surface area contributed by atoms with E-state index in [0.717, 1.165) is 10.9 Å². The lowest BCUT2D eigenvalue weighted by Crippen LogP contribution is -2.18. The van der Waals surface area contributed by atoms with Gasteiger partial charge in [-0.25, -0.2) is 10.4 Å². The number of fused-ring (bicyclic) bond motifs is 1. The summed E-state index contributed by atoms with van der Waals surface area (Å²) in [6, 6.07) is 17.7. The molecule has 7 nitrogen and oxygen atoms in total. The summed E-state index contributed by atoms with van der Waals surface area (Å²) in [4.78, 5) is 21.7. The number of nitrogens with one attached hydrogen (secondary N) is 1. The number of phenolic OH excluding ortho intramolecular Hbond substituents is 1. The van der Waals surface area contributed by atoms with Gasteiger partial charge >= 0.3 is 0 Å². The topological polar surface area (TPSA) is 96.7 Å². The Bertz CT molecular complexity index is 1240. The minimum Gasteiger partial charge on any atom is -0.504 e. The first-order chi connectivity index (χ1) is 14.7. The average Bonchev–Trinajstić information content (AvgIpc) is 2.80. The number of carbonyl (C=O) groups is 1. The molecule has 0 aliphatic heterocycles. The predicted octanol–water partition coefficient (Wildman–Crippen LogP) is 3.77. The van der Waals surface area contributed by atoms with Gasteiger partial charge in [-0.05, 0) is 48.0 Å². The number of para-hydroxylation sites is 1. The van der Waals surface area contributed by atoms with E-state index in [2.05, 4.69) is 20.5 Å². The summed E-state index contributed by atoms with van der Waals surface area (Å²) in [5, 5.41) is 14.4. The lowest BCUT2D eigenvalue weighted by Gasteiger charge is -2.09. The van der Waals surface area contributed by atoms with E-state index in [4.69, 9.17) is 4.74 Å². The third-order valence-electron chi connectivity index (χ3n) is 4.50. The van der Waals surface area contributed by atoms with Crippen molar-refractivity contribution in [3.8, 4) is 22.8 Å². The normalized spacial score (nSPS) is 11.0. The molecule has 0 fully saturated rings. The number of phenols is 1. The van der Waals surface area contributed by atoms with Crippen molar-refractivity contribution in [3.63, 3.8) is 0 Å². The lowest BCUT2D eigenvalue weighted by molar-refractivity contribution is 0.0956. The molecule has 30 heavy (non-hydrogen) atoms. The van der Waals surface area contributed by atoms with Crippen LogP contribution in [0.4, 0.5) is 0 Å². The van der Waals surface area contributed by atoms with E-state index in [1.807, 2.05) is 36.4 Å². The van der Waals surface area contributed by atoms with Gasteiger partial charge < -0.3 is 9.84 Å². The summed E-state index contributed by atoms with van der Waals surface area (Å²) in [5.74, 6) is -0.00266. The molecule has 4 aromatic rings. The first-order valence-corrected chi connectivity index (χ1v) is 9.16. The molecule has 0 aliphatic carbocycles. The molecule has 148 valence electrons.